The lowest BCUT2D eigenvalue weighted by molar-refractivity contribution is 0.367. The molecular formula is C15H20ClN3O. The molecular weight excluding hydrogens is 274 g/mol. The third kappa shape index (κ3) is 4.32. The summed E-state index contributed by atoms with van der Waals surface area (Å²) >= 11 is 5.86. The second kappa shape index (κ2) is 7.41. The first kappa shape index (κ1) is 15.0. The quantitative estimate of drug-likeness (QED) is 0.845. The van der Waals surface area contributed by atoms with Gasteiger partial charge in [-0.3, -0.25) is 0 Å². The Morgan fingerprint density at radius 2 is 2.05 bits per heavy atom. The fourth-order valence-electron chi connectivity index (χ4n) is 1.91. The van der Waals surface area contributed by atoms with Crippen molar-refractivity contribution in [2.75, 3.05) is 6.54 Å². The van der Waals surface area contributed by atoms with Crippen LogP contribution in [0.15, 0.2) is 28.8 Å². The zero-order valence-corrected chi connectivity index (χ0v) is 12.7. The van der Waals surface area contributed by atoms with Gasteiger partial charge in [-0.1, -0.05) is 23.7 Å². The van der Waals surface area contributed by atoms with E-state index in [2.05, 4.69) is 29.3 Å². The summed E-state index contributed by atoms with van der Waals surface area (Å²) in [6, 6.07) is 7.89. The molecule has 1 unspecified atom stereocenters. The van der Waals surface area contributed by atoms with Gasteiger partial charge in [0.1, 0.15) is 0 Å². The van der Waals surface area contributed by atoms with Crippen molar-refractivity contribution in [3.63, 3.8) is 0 Å². The molecule has 1 aromatic heterocycles. The number of hydrogen-bond acceptors (Lipinski definition) is 4. The first-order valence-corrected chi connectivity index (χ1v) is 7.38. The maximum absolute atomic E-state index is 5.86. The Morgan fingerprint density at radius 3 is 2.75 bits per heavy atom. The molecule has 20 heavy (non-hydrogen) atoms. The van der Waals surface area contributed by atoms with E-state index in [4.69, 9.17) is 16.1 Å². The van der Waals surface area contributed by atoms with Crippen molar-refractivity contribution in [3.05, 3.63) is 35.2 Å². The van der Waals surface area contributed by atoms with Gasteiger partial charge in [0.25, 0.3) is 0 Å². The molecule has 5 heteroatoms. The van der Waals surface area contributed by atoms with Crippen LogP contribution in [-0.2, 0) is 6.42 Å². The molecule has 0 saturated carbocycles. The van der Waals surface area contributed by atoms with Crippen molar-refractivity contribution in [1.29, 1.82) is 0 Å². The Morgan fingerprint density at radius 1 is 1.30 bits per heavy atom. The fourth-order valence-corrected chi connectivity index (χ4v) is 2.03. The summed E-state index contributed by atoms with van der Waals surface area (Å²) in [4.78, 5) is 4.41. The van der Waals surface area contributed by atoms with E-state index >= 15 is 0 Å². The van der Waals surface area contributed by atoms with Crippen LogP contribution in [0.1, 0.15) is 32.6 Å². The van der Waals surface area contributed by atoms with Crippen molar-refractivity contribution in [2.24, 2.45) is 0 Å². The first-order chi connectivity index (χ1) is 9.69. The second-order valence-electron chi connectivity index (χ2n) is 4.91. The van der Waals surface area contributed by atoms with E-state index in [9.17, 15) is 0 Å². The summed E-state index contributed by atoms with van der Waals surface area (Å²) in [5.41, 5.74) is 0.918. The molecule has 1 heterocycles. The molecule has 1 aromatic carbocycles. The molecule has 0 aliphatic heterocycles. The van der Waals surface area contributed by atoms with Crippen LogP contribution >= 0.6 is 11.6 Å². The topological polar surface area (TPSA) is 51.0 Å². The van der Waals surface area contributed by atoms with E-state index in [-0.39, 0.29) is 0 Å². The Balaban J connectivity index is 1.90. The minimum absolute atomic E-state index is 0.459. The van der Waals surface area contributed by atoms with Crippen LogP contribution in [0.25, 0.3) is 11.4 Å². The van der Waals surface area contributed by atoms with Crippen LogP contribution in [0.5, 0.6) is 0 Å². The molecule has 0 spiro atoms. The van der Waals surface area contributed by atoms with E-state index in [1.807, 2.05) is 24.3 Å². The number of nitrogens with one attached hydrogen (secondary N) is 1. The van der Waals surface area contributed by atoms with Gasteiger partial charge in [0.2, 0.25) is 11.7 Å². The number of hydrogen-bond donors (Lipinski definition) is 1. The standard InChI is InChI=1S/C15H20ClN3O/c1-3-10-17-11(2)4-9-14-18-15(19-20-14)12-5-7-13(16)8-6-12/h5-8,11,17H,3-4,9-10H2,1-2H3. The van der Waals surface area contributed by atoms with Gasteiger partial charge < -0.3 is 9.84 Å². The van der Waals surface area contributed by atoms with E-state index < -0.39 is 0 Å². The number of halogens is 1. The molecule has 0 bridgehead atoms. The number of aromatic nitrogens is 2. The highest BCUT2D eigenvalue weighted by Gasteiger charge is 2.10. The van der Waals surface area contributed by atoms with Crippen LogP contribution in [-0.4, -0.2) is 22.7 Å². The van der Waals surface area contributed by atoms with Gasteiger partial charge in [0.05, 0.1) is 0 Å². The number of aryl methyl sites for hydroxylation is 1. The molecule has 0 radical (unpaired) electrons. The van der Waals surface area contributed by atoms with Crippen molar-refractivity contribution in [1.82, 2.24) is 15.5 Å². The largest absolute Gasteiger partial charge is 0.339 e. The molecule has 0 amide bonds. The Kier molecular flexibility index (Phi) is 5.56. The van der Waals surface area contributed by atoms with Gasteiger partial charge in [-0.15, -0.1) is 0 Å². The number of nitrogens with zero attached hydrogens (tertiary/aromatic N) is 2. The molecule has 0 aliphatic carbocycles. The van der Waals surface area contributed by atoms with Gasteiger partial charge >= 0.3 is 0 Å². The number of rotatable bonds is 7. The van der Waals surface area contributed by atoms with E-state index in [0.29, 0.717) is 22.8 Å². The van der Waals surface area contributed by atoms with Gasteiger partial charge in [-0.2, -0.15) is 4.98 Å². The van der Waals surface area contributed by atoms with Crippen molar-refractivity contribution >= 4 is 11.6 Å². The molecule has 0 fully saturated rings. The molecule has 2 rings (SSSR count). The third-order valence-corrected chi connectivity index (χ3v) is 3.36. The van der Waals surface area contributed by atoms with Crippen LogP contribution in [0.3, 0.4) is 0 Å². The van der Waals surface area contributed by atoms with Crippen molar-refractivity contribution < 1.29 is 4.52 Å². The monoisotopic (exact) mass is 293 g/mol. The van der Waals surface area contributed by atoms with Gasteiger partial charge in [0.15, 0.2) is 0 Å². The number of benzene rings is 1. The summed E-state index contributed by atoms with van der Waals surface area (Å²) in [6.45, 7) is 5.38. The minimum atomic E-state index is 0.459. The SMILES string of the molecule is CCCNC(C)CCc1nc(-c2ccc(Cl)cc2)no1. The summed E-state index contributed by atoms with van der Waals surface area (Å²) in [5.74, 6) is 1.30. The van der Waals surface area contributed by atoms with E-state index in [1.165, 1.54) is 0 Å². The Labute approximate surface area is 124 Å². The summed E-state index contributed by atoms with van der Waals surface area (Å²) in [5, 5.41) is 8.15. The fraction of sp³-hybridized carbons (Fsp3) is 0.467. The van der Waals surface area contributed by atoms with Crippen LogP contribution in [0, 0.1) is 0 Å². The van der Waals surface area contributed by atoms with Gasteiger partial charge in [-0.25, -0.2) is 0 Å². The molecule has 108 valence electrons. The lowest BCUT2D eigenvalue weighted by Gasteiger charge is -2.10. The van der Waals surface area contributed by atoms with Crippen molar-refractivity contribution in [2.45, 2.75) is 39.2 Å². The Hall–Kier alpha value is -1.39. The lowest BCUT2D eigenvalue weighted by Crippen LogP contribution is -2.27. The highest BCUT2D eigenvalue weighted by atomic mass is 35.5. The molecule has 4 nitrogen and oxygen atoms in total. The average Bonchev–Trinajstić information content (AvgIpc) is 2.92. The molecule has 1 atom stereocenters. The minimum Gasteiger partial charge on any atom is -0.339 e. The molecule has 1 N–H and O–H groups in total. The second-order valence-corrected chi connectivity index (χ2v) is 5.35. The zero-order chi connectivity index (χ0) is 14.4. The normalized spacial score (nSPS) is 12.6. The average molecular weight is 294 g/mol. The maximum Gasteiger partial charge on any atom is 0.227 e. The van der Waals surface area contributed by atoms with E-state index in [1.54, 1.807) is 0 Å². The van der Waals surface area contributed by atoms with Crippen LogP contribution in [0.2, 0.25) is 5.02 Å². The zero-order valence-electron chi connectivity index (χ0n) is 11.9. The smallest absolute Gasteiger partial charge is 0.227 e. The van der Waals surface area contributed by atoms with Gasteiger partial charge in [-0.05, 0) is 50.6 Å². The van der Waals surface area contributed by atoms with Crippen molar-refractivity contribution in [3.8, 4) is 11.4 Å². The molecule has 2 aromatic rings. The first-order valence-electron chi connectivity index (χ1n) is 7.01. The lowest BCUT2D eigenvalue weighted by atomic mass is 10.2. The molecule has 0 aliphatic rings. The summed E-state index contributed by atoms with van der Waals surface area (Å²) < 4.78 is 5.28. The Bertz CT molecular complexity index is 524. The predicted molar refractivity (Wildman–Crippen MR) is 80.8 cm³/mol. The van der Waals surface area contributed by atoms with Crippen LogP contribution in [0.4, 0.5) is 0 Å². The molecule has 0 saturated heterocycles. The highest BCUT2D eigenvalue weighted by Crippen LogP contribution is 2.19. The van der Waals surface area contributed by atoms with Crippen LogP contribution < -0.4 is 5.32 Å². The summed E-state index contributed by atoms with van der Waals surface area (Å²) in [6.07, 6.45) is 2.92. The summed E-state index contributed by atoms with van der Waals surface area (Å²) in [7, 11) is 0. The predicted octanol–water partition coefficient (Wildman–Crippen LogP) is 3.71. The maximum atomic E-state index is 5.86. The highest BCUT2D eigenvalue weighted by molar-refractivity contribution is 6.30. The van der Waals surface area contributed by atoms with E-state index in [0.717, 1.165) is 31.4 Å². The third-order valence-electron chi connectivity index (χ3n) is 3.10. The van der Waals surface area contributed by atoms with Gasteiger partial charge in [0, 0.05) is 23.0 Å².